The van der Waals surface area contributed by atoms with Crippen molar-refractivity contribution in [3.8, 4) is 0 Å². The summed E-state index contributed by atoms with van der Waals surface area (Å²) in [5.74, 6) is -41.4. The van der Waals surface area contributed by atoms with E-state index in [1.165, 1.54) is 43.1 Å². The Balaban J connectivity index is 0.909. The summed E-state index contributed by atoms with van der Waals surface area (Å²) in [4.78, 5) is 0. The highest BCUT2D eigenvalue weighted by molar-refractivity contribution is 6.57. The molecule has 1 saturated carbocycles. The van der Waals surface area contributed by atoms with Gasteiger partial charge in [-0.15, -0.1) is 0 Å². The summed E-state index contributed by atoms with van der Waals surface area (Å²) in [5.41, 5.74) is 3.31. The maximum Gasteiger partial charge on any atom is 0.460 e. The van der Waals surface area contributed by atoms with Gasteiger partial charge in [0.2, 0.25) is 0 Å². The number of nitrogens with zero attached hydrogens (tertiary/aromatic N) is 2. The standard InChI is InChI=1S/C61H26F18N2/c1-16-27-25-14-12-23-21-10-11-22-24-13-15-26-34-32(24)40-30(22)29(21)39-31(23)33(25)41-36(27)37-28(16)38-45-43(42(34)49-47(40)46(39)48(41)50(49)44(37)45)35(26)53-51(38)52(17-2-4-18(5-3-17)54(62,63)56(66,67)58(70,71)60(74,75)76)80-81(53)20-8-6-19(7-9-20)55(64,65)57(68,69)59(72,73)61(77,78)79/h2-16,23,25,27,31,33,36,51,53H,1H3. The lowest BCUT2D eigenvalue weighted by Crippen LogP contribution is -2.59. The van der Waals surface area contributed by atoms with Crippen LogP contribution in [-0.2, 0) is 11.8 Å². The van der Waals surface area contributed by atoms with Gasteiger partial charge in [-0.25, -0.2) is 0 Å². The lowest BCUT2D eigenvalue weighted by Gasteiger charge is -2.39. The molecule has 1 aliphatic heterocycles. The van der Waals surface area contributed by atoms with Gasteiger partial charge in [-0.1, -0.05) is 79.7 Å². The van der Waals surface area contributed by atoms with E-state index >= 15 is 17.6 Å². The maximum absolute atomic E-state index is 15.6. The second-order valence-corrected chi connectivity index (χ2v) is 23.8. The van der Waals surface area contributed by atoms with Crippen LogP contribution in [0.5, 0.6) is 0 Å². The Morgan fingerprint density at radius 2 is 0.926 bits per heavy atom. The van der Waals surface area contributed by atoms with Crippen molar-refractivity contribution in [2.24, 2.45) is 22.9 Å². The van der Waals surface area contributed by atoms with Gasteiger partial charge in [0.25, 0.3) is 0 Å². The summed E-state index contributed by atoms with van der Waals surface area (Å²) in [5, 5.41) is 24.1. The molecule has 0 aromatic heterocycles. The van der Waals surface area contributed by atoms with E-state index in [4.69, 9.17) is 5.10 Å². The van der Waals surface area contributed by atoms with Crippen molar-refractivity contribution in [3.63, 3.8) is 0 Å². The van der Waals surface area contributed by atoms with Crippen LogP contribution in [0, 0.1) is 17.8 Å². The highest BCUT2D eigenvalue weighted by atomic mass is 19.4. The van der Waals surface area contributed by atoms with E-state index in [2.05, 4.69) is 31.2 Å². The number of alkyl halides is 18. The van der Waals surface area contributed by atoms with Gasteiger partial charge in [0.1, 0.15) is 0 Å². The molecule has 2 nitrogen and oxygen atoms in total. The molecule has 19 rings (SSSR count). The molecule has 9 unspecified atom stereocenters. The number of allylic oxidation sites excluding steroid dienone is 2. The van der Waals surface area contributed by atoms with E-state index < -0.39 is 71.0 Å². The minimum absolute atomic E-state index is 0.00516. The fourth-order valence-corrected chi connectivity index (χ4v) is 18.4. The van der Waals surface area contributed by atoms with Gasteiger partial charge >= 0.3 is 47.9 Å². The first kappa shape index (κ1) is 46.4. The average molecular weight is 1130 g/mol. The average Bonchev–Trinajstić information content (AvgIpc) is 1.47. The van der Waals surface area contributed by atoms with E-state index in [1.54, 1.807) is 0 Å². The zero-order chi connectivity index (χ0) is 56.1. The van der Waals surface area contributed by atoms with Gasteiger partial charge in [0.05, 0.1) is 23.4 Å². The minimum atomic E-state index is -7.20. The molecule has 0 N–H and O–H groups in total. The molecule has 1 heterocycles. The Morgan fingerprint density at radius 1 is 0.420 bits per heavy atom. The summed E-state index contributed by atoms with van der Waals surface area (Å²) < 4.78 is 259. The molecule has 0 amide bonds. The molecule has 0 spiro atoms. The Hall–Kier alpha value is -7.25. The van der Waals surface area contributed by atoms with Crippen LogP contribution in [0.2, 0.25) is 0 Å². The fraction of sp³-hybridized carbons (Fsp3) is 0.295. The Kier molecular flexibility index (Phi) is 7.18. The first-order chi connectivity index (χ1) is 38.0. The third kappa shape index (κ3) is 4.22. The van der Waals surface area contributed by atoms with Crippen LogP contribution in [0.25, 0.3) is 91.8 Å². The smallest absolute Gasteiger partial charge is 0.257 e. The van der Waals surface area contributed by atoms with Crippen molar-refractivity contribution >= 4 is 103 Å². The van der Waals surface area contributed by atoms with Crippen LogP contribution in [0.1, 0.15) is 92.6 Å². The molecule has 11 aromatic rings. The number of halogens is 18. The molecule has 8 aliphatic rings. The number of rotatable bonds is 8. The van der Waals surface area contributed by atoms with Crippen LogP contribution >= 0.6 is 0 Å². The number of anilines is 1. The molecule has 0 saturated heterocycles. The number of benzene rings is 7. The van der Waals surface area contributed by atoms with Gasteiger partial charge in [0.15, 0.2) is 0 Å². The van der Waals surface area contributed by atoms with Crippen molar-refractivity contribution in [3.05, 3.63) is 140 Å². The zero-order valence-corrected chi connectivity index (χ0v) is 40.5. The van der Waals surface area contributed by atoms with Crippen molar-refractivity contribution in [1.29, 1.82) is 0 Å². The summed E-state index contributed by atoms with van der Waals surface area (Å²) in [7, 11) is 0. The number of fused-ring (bicyclic) bond motifs is 8. The molecule has 9 atom stereocenters. The monoisotopic (exact) mass is 1130 g/mol. The molecule has 0 bridgehead atoms. The molecule has 406 valence electrons. The molecule has 81 heavy (non-hydrogen) atoms. The molecule has 20 heteroatoms. The first-order valence-electron chi connectivity index (χ1n) is 26.0. The van der Waals surface area contributed by atoms with E-state index in [1.807, 2.05) is 12.1 Å². The number of hydrogen-bond donors (Lipinski definition) is 0. The number of hydrogen-bond acceptors (Lipinski definition) is 2. The topological polar surface area (TPSA) is 15.6 Å². The van der Waals surface area contributed by atoms with Crippen molar-refractivity contribution in [2.75, 3.05) is 5.01 Å². The van der Waals surface area contributed by atoms with Crippen LogP contribution in [-0.4, -0.2) is 41.8 Å². The van der Waals surface area contributed by atoms with Crippen LogP contribution < -0.4 is 10.2 Å². The Labute approximate surface area is 439 Å². The van der Waals surface area contributed by atoms with E-state index in [0.717, 1.165) is 106 Å². The molecule has 0 radical (unpaired) electrons. The summed E-state index contributed by atoms with van der Waals surface area (Å²) in [6.07, 6.45) is -9.45. The Bertz CT molecular complexity index is 4930. The normalized spacial score (nSPS) is 26.6. The first-order valence-corrected chi connectivity index (χ1v) is 26.0. The predicted octanol–water partition coefficient (Wildman–Crippen LogP) is 17.7. The molecular formula is C61H26F18N2. The highest BCUT2D eigenvalue weighted by Crippen LogP contribution is 2.78. The predicted molar refractivity (Wildman–Crippen MR) is 264 cm³/mol. The quantitative estimate of drug-likeness (QED) is 0.0841. The second-order valence-electron chi connectivity index (χ2n) is 23.8. The van der Waals surface area contributed by atoms with Gasteiger partial charge in [-0.3, -0.25) is 5.01 Å². The third-order valence-electron chi connectivity index (χ3n) is 21.1. The fourth-order valence-electron chi connectivity index (χ4n) is 18.4. The van der Waals surface area contributed by atoms with Crippen LogP contribution in [0.4, 0.5) is 84.7 Å². The van der Waals surface area contributed by atoms with Gasteiger partial charge < -0.3 is 0 Å². The summed E-state index contributed by atoms with van der Waals surface area (Å²) in [6.45, 7) is 2.15. The molecule has 1 fully saturated rings. The zero-order valence-electron chi connectivity index (χ0n) is 40.5. The molecule has 11 aromatic carbocycles. The van der Waals surface area contributed by atoms with Gasteiger partial charge in [0, 0.05) is 28.9 Å². The van der Waals surface area contributed by atoms with Crippen LogP contribution in [0.15, 0.2) is 90.0 Å². The minimum Gasteiger partial charge on any atom is -0.257 e. The van der Waals surface area contributed by atoms with E-state index in [9.17, 15) is 61.5 Å². The lowest BCUT2D eigenvalue weighted by atomic mass is 9.64. The maximum atomic E-state index is 15.6. The second kappa shape index (κ2) is 12.5. The molecular weight excluding hydrogens is 1100 g/mol. The van der Waals surface area contributed by atoms with Gasteiger partial charge in [-0.05, 0) is 172 Å². The largest absolute Gasteiger partial charge is 0.460 e. The van der Waals surface area contributed by atoms with Gasteiger partial charge in [-0.2, -0.15) is 84.1 Å². The number of hydrazone groups is 1. The lowest BCUT2D eigenvalue weighted by molar-refractivity contribution is -0.399. The SMILES string of the molecule is CC1c2c3c4c5c2C2C6=c7c8c9c%10c(ccc%11c%12ccc%13c(c4c4c%13c%12c(c%10%11)c8c4c75)C4C3C(c3ccc(C(F)(F)C(F)(F)C(F)(F)C(F)(F)F)cc3)=NN4c3ccc(C(F)(F)C(F)(F)C(F)(F)C(F)(F)F)cc3)C3C=CC(C6C93)C12. The summed E-state index contributed by atoms with van der Waals surface area (Å²) >= 11 is 0. The van der Waals surface area contributed by atoms with Crippen molar-refractivity contribution in [2.45, 2.75) is 90.4 Å². The van der Waals surface area contributed by atoms with E-state index in [0.29, 0.717) is 10.9 Å². The van der Waals surface area contributed by atoms with Crippen LogP contribution in [0.3, 0.4) is 0 Å². The summed E-state index contributed by atoms with van der Waals surface area (Å²) in [6, 6.07) is 11.6. The Morgan fingerprint density at radius 3 is 1.56 bits per heavy atom. The highest BCUT2D eigenvalue weighted by Gasteiger charge is 2.83. The third-order valence-corrected chi connectivity index (χ3v) is 21.1. The molecule has 7 aliphatic carbocycles. The van der Waals surface area contributed by atoms with Crippen molar-refractivity contribution < 1.29 is 79.0 Å². The van der Waals surface area contributed by atoms with E-state index in [-0.39, 0.29) is 82.7 Å². The van der Waals surface area contributed by atoms with Crippen molar-refractivity contribution in [1.82, 2.24) is 0 Å².